The van der Waals surface area contributed by atoms with Gasteiger partial charge in [0.1, 0.15) is 0 Å². The molecule has 0 rings (SSSR count). The normalized spacial score (nSPS) is 12.8. The van der Waals surface area contributed by atoms with E-state index in [1.807, 2.05) is 27.7 Å². The molecule has 5 heteroatoms. The molecule has 0 unspecified atom stereocenters. The molecular weight excluding hydrogens is 210 g/mol. The molecule has 0 saturated carbocycles. The summed E-state index contributed by atoms with van der Waals surface area (Å²) in [7, 11) is 0. The zero-order chi connectivity index (χ0) is 12.6. The minimum atomic E-state index is -0.914. The summed E-state index contributed by atoms with van der Waals surface area (Å²) in [4.78, 5) is 25.0. The highest BCUT2D eigenvalue weighted by Gasteiger charge is 2.22. The molecule has 0 aliphatic rings. The van der Waals surface area contributed by atoms with Gasteiger partial charge in [-0.15, -0.1) is 0 Å². The van der Waals surface area contributed by atoms with E-state index in [0.717, 1.165) is 6.42 Å². The standard InChI is InChI=1S/C11H19NO4/c1-5-6-15-10(14)9(12-8-13)7-16-11(2,3)4/h9H,5-7H2,1-4H3/t9-/m0/s1. The van der Waals surface area contributed by atoms with Crippen LogP contribution in [0.1, 0.15) is 34.1 Å². The van der Waals surface area contributed by atoms with Crippen LogP contribution in [0.25, 0.3) is 0 Å². The van der Waals surface area contributed by atoms with Crippen molar-refractivity contribution in [1.29, 1.82) is 0 Å². The monoisotopic (exact) mass is 229 g/mol. The number of carbonyl (C=O) groups is 1. The Morgan fingerprint density at radius 3 is 2.50 bits per heavy atom. The maximum absolute atomic E-state index is 11.4. The molecule has 1 atom stereocenters. The number of nitrogens with zero attached hydrogens (tertiary/aromatic N) is 1. The van der Waals surface area contributed by atoms with Crippen LogP contribution in [0.2, 0.25) is 0 Å². The van der Waals surface area contributed by atoms with Gasteiger partial charge in [-0.25, -0.2) is 9.59 Å². The molecule has 5 nitrogen and oxygen atoms in total. The predicted octanol–water partition coefficient (Wildman–Crippen LogP) is 1.46. The van der Waals surface area contributed by atoms with E-state index < -0.39 is 12.0 Å². The Morgan fingerprint density at radius 1 is 1.44 bits per heavy atom. The molecule has 0 radical (unpaired) electrons. The van der Waals surface area contributed by atoms with Crippen molar-refractivity contribution in [2.45, 2.75) is 45.8 Å². The second-order valence-electron chi connectivity index (χ2n) is 4.33. The quantitative estimate of drug-likeness (QED) is 0.393. The van der Waals surface area contributed by atoms with Gasteiger partial charge in [-0.2, -0.15) is 4.99 Å². The van der Waals surface area contributed by atoms with Gasteiger partial charge in [0.25, 0.3) is 0 Å². The van der Waals surface area contributed by atoms with Gasteiger partial charge in [0.2, 0.25) is 6.08 Å². The maximum Gasteiger partial charge on any atom is 0.334 e. The molecule has 0 heterocycles. The molecule has 0 N–H and O–H groups in total. The highest BCUT2D eigenvalue weighted by Crippen LogP contribution is 2.09. The Bertz CT molecular complexity index is 264. The molecule has 0 saturated heterocycles. The highest BCUT2D eigenvalue weighted by atomic mass is 16.5. The minimum absolute atomic E-state index is 0.0291. The van der Waals surface area contributed by atoms with Gasteiger partial charge in [-0.05, 0) is 27.2 Å². The predicted molar refractivity (Wildman–Crippen MR) is 58.9 cm³/mol. The molecule has 0 bridgehead atoms. The average molecular weight is 229 g/mol. The molecule has 0 amide bonds. The van der Waals surface area contributed by atoms with Crippen molar-refractivity contribution >= 4 is 12.0 Å². The Hall–Kier alpha value is -1.19. The molecule has 92 valence electrons. The van der Waals surface area contributed by atoms with Crippen molar-refractivity contribution in [2.24, 2.45) is 4.99 Å². The number of rotatable bonds is 6. The Labute approximate surface area is 95.8 Å². The van der Waals surface area contributed by atoms with E-state index in [0.29, 0.717) is 6.61 Å². The first kappa shape index (κ1) is 14.8. The van der Waals surface area contributed by atoms with E-state index >= 15 is 0 Å². The van der Waals surface area contributed by atoms with Crippen LogP contribution in [0.15, 0.2) is 4.99 Å². The SMILES string of the molecule is CCCOC(=O)[C@H](COC(C)(C)C)N=C=O. The van der Waals surface area contributed by atoms with Gasteiger partial charge >= 0.3 is 5.97 Å². The Kier molecular flexibility index (Phi) is 6.61. The number of carbonyl (C=O) groups excluding carboxylic acids is 2. The van der Waals surface area contributed by atoms with Crippen LogP contribution in [-0.2, 0) is 19.1 Å². The van der Waals surface area contributed by atoms with E-state index in [-0.39, 0.29) is 12.2 Å². The number of isocyanates is 1. The van der Waals surface area contributed by atoms with Gasteiger partial charge in [-0.3, -0.25) is 0 Å². The highest BCUT2D eigenvalue weighted by molar-refractivity contribution is 5.77. The first-order valence-corrected chi connectivity index (χ1v) is 5.28. The van der Waals surface area contributed by atoms with Gasteiger partial charge in [0, 0.05) is 0 Å². The average Bonchev–Trinajstić information content (AvgIpc) is 2.19. The number of esters is 1. The third-order valence-electron chi connectivity index (χ3n) is 1.60. The molecule has 16 heavy (non-hydrogen) atoms. The molecular formula is C11H19NO4. The van der Waals surface area contributed by atoms with Crippen molar-refractivity contribution in [1.82, 2.24) is 0 Å². The summed E-state index contributed by atoms with van der Waals surface area (Å²) in [6.45, 7) is 7.79. The molecule has 0 aromatic carbocycles. The van der Waals surface area contributed by atoms with Crippen molar-refractivity contribution in [2.75, 3.05) is 13.2 Å². The molecule has 0 aliphatic carbocycles. The van der Waals surface area contributed by atoms with Crippen LogP contribution in [0, 0.1) is 0 Å². The maximum atomic E-state index is 11.4. The van der Waals surface area contributed by atoms with Crippen LogP contribution >= 0.6 is 0 Å². The van der Waals surface area contributed by atoms with Gasteiger partial charge < -0.3 is 9.47 Å². The summed E-state index contributed by atoms with van der Waals surface area (Å²) in [5.74, 6) is -0.547. The number of hydrogen-bond acceptors (Lipinski definition) is 5. The fraction of sp³-hybridized carbons (Fsp3) is 0.818. The zero-order valence-electron chi connectivity index (χ0n) is 10.3. The zero-order valence-corrected chi connectivity index (χ0v) is 10.3. The second-order valence-corrected chi connectivity index (χ2v) is 4.33. The van der Waals surface area contributed by atoms with E-state index in [9.17, 15) is 9.59 Å². The molecule has 0 aromatic rings. The third kappa shape index (κ3) is 7.15. The number of hydrogen-bond donors (Lipinski definition) is 0. The summed E-state index contributed by atoms with van der Waals surface area (Å²) in [6.07, 6.45) is 2.08. The van der Waals surface area contributed by atoms with Crippen molar-refractivity contribution in [3.63, 3.8) is 0 Å². The lowest BCUT2D eigenvalue weighted by Gasteiger charge is -2.21. The Morgan fingerprint density at radius 2 is 2.06 bits per heavy atom. The van der Waals surface area contributed by atoms with Crippen molar-refractivity contribution in [3.05, 3.63) is 0 Å². The largest absolute Gasteiger partial charge is 0.464 e. The lowest BCUT2D eigenvalue weighted by Crippen LogP contribution is -2.31. The molecule has 0 fully saturated rings. The topological polar surface area (TPSA) is 65.0 Å². The van der Waals surface area contributed by atoms with Crippen molar-refractivity contribution in [3.8, 4) is 0 Å². The molecule has 0 aromatic heterocycles. The second kappa shape index (κ2) is 7.14. The van der Waals surface area contributed by atoms with Gasteiger partial charge in [0.05, 0.1) is 18.8 Å². The molecule has 0 aliphatic heterocycles. The van der Waals surface area contributed by atoms with Crippen LogP contribution in [0.5, 0.6) is 0 Å². The smallest absolute Gasteiger partial charge is 0.334 e. The van der Waals surface area contributed by atoms with Crippen LogP contribution in [0.3, 0.4) is 0 Å². The van der Waals surface area contributed by atoms with Gasteiger partial charge in [-0.1, -0.05) is 6.92 Å². The van der Waals surface area contributed by atoms with Crippen LogP contribution in [0.4, 0.5) is 0 Å². The minimum Gasteiger partial charge on any atom is -0.464 e. The van der Waals surface area contributed by atoms with Crippen LogP contribution in [-0.4, -0.2) is 36.9 Å². The molecule has 0 spiro atoms. The summed E-state index contributed by atoms with van der Waals surface area (Å²) >= 11 is 0. The fourth-order valence-corrected chi connectivity index (χ4v) is 0.849. The summed E-state index contributed by atoms with van der Waals surface area (Å²) < 4.78 is 10.3. The summed E-state index contributed by atoms with van der Waals surface area (Å²) in [5.41, 5.74) is -0.387. The van der Waals surface area contributed by atoms with Gasteiger partial charge in [0.15, 0.2) is 6.04 Å². The van der Waals surface area contributed by atoms with E-state index in [1.54, 1.807) is 0 Å². The first-order valence-electron chi connectivity index (χ1n) is 5.28. The lowest BCUT2D eigenvalue weighted by molar-refractivity contribution is -0.147. The number of ether oxygens (including phenoxy) is 2. The first-order chi connectivity index (χ1) is 7.40. The van der Waals surface area contributed by atoms with Crippen LogP contribution < -0.4 is 0 Å². The number of aliphatic imine (C=N–C) groups is 1. The van der Waals surface area contributed by atoms with E-state index in [4.69, 9.17) is 9.47 Å². The Balaban J connectivity index is 4.27. The summed E-state index contributed by atoms with van der Waals surface area (Å²) in [5, 5.41) is 0. The van der Waals surface area contributed by atoms with E-state index in [2.05, 4.69) is 4.99 Å². The lowest BCUT2D eigenvalue weighted by atomic mass is 10.2. The third-order valence-corrected chi connectivity index (χ3v) is 1.60. The van der Waals surface area contributed by atoms with Crippen molar-refractivity contribution < 1.29 is 19.1 Å². The van der Waals surface area contributed by atoms with E-state index in [1.165, 1.54) is 6.08 Å². The fourth-order valence-electron chi connectivity index (χ4n) is 0.849. The summed E-state index contributed by atoms with van der Waals surface area (Å²) in [6, 6.07) is -0.914.